The zero-order valence-electron chi connectivity index (χ0n) is 13.4. The van der Waals surface area contributed by atoms with Crippen LogP contribution >= 0.6 is 0 Å². The van der Waals surface area contributed by atoms with Crippen molar-refractivity contribution in [3.05, 3.63) is 11.9 Å². The summed E-state index contributed by atoms with van der Waals surface area (Å²) in [6.45, 7) is 7.19. The summed E-state index contributed by atoms with van der Waals surface area (Å²) < 4.78 is 1.99. The van der Waals surface area contributed by atoms with Crippen LogP contribution in [0.1, 0.15) is 51.1 Å². The van der Waals surface area contributed by atoms with Crippen LogP contribution in [0.3, 0.4) is 0 Å². The van der Waals surface area contributed by atoms with E-state index in [9.17, 15) is 0 Å². The fraction of sp³-hybridized carbons (Fsp3) is 0.875. The van der Waals surface area contributed by atoms with Crippen LogP contribution in [0.5, 0.6) is 0 Å². The SMILES string of the molecule is CCCCCN1CCC[C@@H](Cn2cc(CCCO)nn2)C1. The summed E-state index contributed by atoms with van der Waals surface area (Å²) in [7, 11) is 0. The molecule has 2 heterocycles. The zero-order valence-corrected chi connectivity index (χ0v) is 13.4. The van der Waals surface area contributed by atoms with Crippen molar-refractivity contribution in [2.45, 2.75) is 58.4 Å². The van der Waals surface area contributed by atoms with Crippen LogP contribution in [-0.4, -0.2) is 51.2 Å². The van der Waals surface area contributed by atoms with Gasteiger partial charge in [0.25, 0.3) is 0 Å². The van der Waals surface area contributed by atoms with Crippen molar-refractivity contribution in [2.24, 2.45) is 5.92 Å². The number of likely N-dealkylation sites (tertiary alicyclic amines) is 1. The highest BCUT2D eigenvalue weighted by molar-refractivity contribution is 4.92. The Morgan fingerprint density at radius 3 is 3.05 bits per heavy atom. The predicted molar refractivity (Wildman–Crippen MR) is 84.1 cm³/mol. The molecular formula is C16H30N4O. The molecule has 1 aromatic rings. The minimum Gasteiger partial charge on any atom is -0.396 e. The summed E-state index contributed by atoms with van der Waals surface area (Å²) in [5, 5.41) is 17.3. The largest absolute Gasteiger partial charge is 0.396 e. The second-order valence-corrected chi connectivity index (χ2v) is 6.28. The molecule has 1 saturated heterocycles. The lowest BCUT2D eigenvalue weighted by Gasteiger charge is -2.32. The average molecular weight is 294 g/mol. The van der Waals surface area contributed by atoms with Crippen molar-refractivity contribution in [3.8, 4) is 0 Å². The Morgan fingerprint density at radius 2 is 2.24 bits per heavy atom. The first-order valence-electron chi connectivity index (χ1n) is 8.54. The summed E-state index contributed by atoms with van der Waals surface area (Å²) in [5.74, 6) is 0.702. The van der Waals surface area contributed by atoms with Gasteiger partial charge in [0.1, 0.15) is 0 Å². The van der Waals surface area contributed by atoms with Gasteiger partial charge in [-0.05, 0) is 51.1 Å². The Morgan fingerprint density at radius 1 is 1.33 bits per heavy atom. The van der Waals surface area contributed by atoms with E-state index in [-0.39, 0.29) is 6.61 Å². The number of aliphatic hydroxyl groups is 1. The third kappa shape index (κ3) is 5.75. The molecule has 120 valence electrons. The van der Waals surface area contributed by atoms with Crippen LogP contribution in [-0.2, 0) is 13.0 Å². The molecule has 2 rings (SSSR count). The molecule has 21 heavy (non-hydrogen) atoms. The third-order valence-electron chi connectivity index (χ3n) is 4.30. The maximum absolute atomic E-state index is 8.85. The number of piperidine rings is 1. The normalized spacial score (nSPS) is 20.0. The third-order valence-corrected chi connectivity index (χ3v) is 4.30. The van der Waals surface area contributed by atoms with Gasteiger partial charge < -0.3 is 10.0 Å². The molecule has 0 bridgehead atoms. The molecule has 0 aromatic carbocycles. The van der Waals surface area contributed by atoms with E-state index in [0.29, 0.717) is 5.92 Å². The number of rotatable bonds is 9. The van der Waals surface area contributed by atoms with Crippen molar-refractivity contribution < 1.29 is 5.11 Å². The number of unbranched alkanes of at least 4 members (excludes halogenated alkanes) is 2. The van der Waals surface area contributed by atoms with Crippen LogP contribution in [0.15, 0.2) is 6.20 Å². The topological polar surface area (TPSA) is 54.2 Å². The first-order chi connectivity index (χ1) is 10.3. The Bertz CT molecular complexity index is 393. The molecule has 1 atom stereocenters. The van der Waals surface area contributed by atoms with Gasteiger partial charge in [0.2, 0.25) is 0 Å². The number of aryl methyl sites for hydroxylation is 1. The second kappa shape index (κ2) is 9.15. The molecule has 0 amide bonds. The number of nitrogens with zero attached hydrogens (tertiary/aromatic N) is 4. The highest BCUT2D eigenvalue weighted by atomic mass is 16.2. The lowest BCUT2D eigenvalue weighted by Crippen LogP contribution is -2.37. The molecule has 0 radical (unpaired) electrons. The summed E-state index contributed by atoms with van der Waals surface area (Å²) in [4.78, 5) is 2.62. The van der Waals surface area contributed by atoms with Crippen LogP contribution in [0.2, 0.25) is 0 Å². The summed E-state index contributed by atoms with van der Waals surface area (Å²) in [6, 6.07) is 0. The maximum atomic E-state index is 8.85. The van der Waals surface area contributed by atoms with Gasteiger partial charge in [-0.15, -0.1) is 5.10 Å². The van der Waals surface area contributed by atoms with Crippen LogP contribution < -0.4 is 0 Å². The van der Waals surface area contributed by atoms with Gasteiger partial charge in [-0.25, -0.2) is 0 Å². The number of aromatic nitrogens is 3. The van der Waals surface area contributed by atoms with E-state index in [1.807, 2.05) is 10.9 Å². The van der Waals surface area contributed by atoms with Crippen molar-refractivity contribution in [1.29, 1.82) is 0 Å². The monoisotopic (exact) mass is 294 g/mol. The van der Waals surface area contributed by atoms with Crippen molar-refractivity contribution >= 4 is 0 Å². The first-order valence-corrected chi connectivity index (χ1v) is 8.54. The highest BCUT2D eigenvalue weighted by Crippen LogP contribution is 2.18. The van der Waals surface area contributed by atoms with Crippen molar-refractivity contribution in [1.82, 2.24) is 19.9 Å². The van der Waals surface area contributed by atoms with E-state index in [2.05, 4.69) is 22.1 Å². The van der Waals surface area contributed by atoms with E-state index < -0.39 is 0 Å². The lowest BCUT2D eigenvalue weighted by molar-refractivity contribution is 0.157. The number of aliphatic hydroxyl groups excluding tert-OH is 1. The van der Waals surface area contributed by atoms with Crippen LogP contribution in [0, 0.1) is 5.92 Å². The Kier molecular flexibility index (Phi) is 7.16. The fourth-order valence-electron chi connectivity index (χ4n) is 3.16. The molecule has 1 aliphatic heterocycles. The van der Waals surface area contributed by atoms with E-state index in [0.717, 1.165) is 25.1 Å². The van der Waals surface area contributed by atoms with Crippen LogP contribution in [0.25, 0.3) is 0 Å². The average Bonchev–Trinajstić information content (AvgIpc) is 2.93. The minimum absolute atomic E-state index is 0.224. The van der Waals surface area contributed by atoms with Gasteiger partial charge in [-0.2, -0.15) is 0 Å². The van der Waals surface area contributed by atoms with E-state index in [1.54, 1.807) is 0 Å². The minimum atomic E-state index is 0.224. The quantitative estimate of drug-likeness (QED) is 0.709. The molecule has 1 aromatic heterocycles. The smallest absolute Gasteiger partial charge is 0.0828 e. The second-order valence-electron chi connectivity index (χ2n) is 6.28. The molecule has 5 heteroatoms. The lowest BCUT2D eigenvalue weighted by atomic mass is 9.98. The fourth-order valence-corrected chi connectivity index (χ4v) is 3.16. The molecule has 0 unspecified atom stereocenters. The standard InChI is InChI=1S/C16H30N4O/c1-2-3-4-9-19-10-5-7-15(12-19)13-20-14-16(17-18-20)8-6-11-21/h14-15,21H,2-13H2,1H3/t15-/m1/s1. The van der Waals surface area contributed by atoms with Gasteiger partial charge in [-0.1, -0.05) is 25.0 Å². The predicted octanol–water partition coefficient (Wildman–Crippen LogP) is 2.11. The maximum Gasteiger partial charge on any atom is 0.0828 e. The number of hydrogen-bond acceptors (Lipinski definition) is 4. The zero-order chi connectivity index (χ0) is 14.9. The van der Waals surface area contributed by atoms with Crippen molar-refractivity contribution in [3.63, 3.8) is 0 Å². The first kappa shape index (κ1) is 16.4. The van der Waals surface area contributed by atoms with Crippen molar-refractivity contribution in [2.75, 3.05) is 26.2 Å². The molecule has 0 aliphatic carbocycles. The molecule has 0 spiro atoms. The van der Waals surface area contributed by atoms with Gasteiger partial charge >= 0.3 is 0 Å². The highest BCUT2D eigenvalue weighted by Gasteiger charge is 2.20. The van der Waals surface area contributed by atoms with Gasteiger partial charge in [0.15, 0.2) is 0 Å². The molecular weight excluding hydrogens is 264 g/mol. The Hall–Kier alpha value is -0.940. The molecule has 5 nitrogen and oxygen atoms in total. The summed E-state index contributed by atoms with van der Waals surface area (Å²) >= 11 is 0. The molecule has 0 saturated carbocycles. The van der Waals surface area contributed by atoms with E-state index >= 15 is 0 Å². The molecule has 1 N–H and O–H groups in total. The Balaban J connectivity index is 1.75. The van der Waals surface area contributed by atoms with Crippen LogP contribution in [0.4, 0.5) is 0 Å². The van der Waals surface area contributed by atoms with E-state index in [4.69, 9.17) is 5.11 Å². The van der Waals surface area contributed by atoms with Gasteiger partial charge in [-0.3, -0.25) is 4.68 Å². The summed E-state index contributed by atoms with van der Waals surface area (Å²) in [5.41, 5.74) is 1.000. The van der Waals surface area contributed by atoms with Gasteiger partial charge in [0, 0.05) is 25.9 Å². The summed E-state index contributed by atoms with van der Waals surface area (Å²) in [6.07, 6.45) is 10.2. The molecule has 1 aliphatic rings. The number of hydrogen-bond donors (Lipinski definition) is 1. The van der Waals surface area contributed by atoms with E-state index in [1.165, 1.54) is 51.7 Å². The van der Waals surface area contributed by atoms with Gasteiger partial charge in [0.05, 0.1) is 5.69 Å². The molecule has 1 fully saturated rings. The Labute approximate surface area is 128 Å².